The Morgan fingerprint density at radius 3 is 2.20 bits per heavy atom. The molecule has 0 bridgehead atoms. The van der Waals surface area contributed by atoms with Crippen LogP contribution in [0, 0.1) is 18.8 Å². The highest BCUT2D eigenvalue weighted by Gasteiger charge is 2.18. The molecule has 2 amide bonds. The molecule has 0 atom stereocenters. The summed E-state index contributed by atoms with van der Waals surface area (Å²) in [7, 11) is 0. The van der Waals surface area contributed by atoms with Crippen molar-refractivity contribution in [2.24, 2.45) is 11.8 Å². The summed E-state index contributed by atoms with van der Waals surface area (Å²) < 4.78 is 5.00. The summed E-state index contributed by atoms with van der Waals surface area (Å²) in [6, 6.07) is 3.55. The number of nitrogens with zero attached hydrogens (tertiary/aromatic N) is 1. The van der Waals surface area contributed by atoms with Crippen LogP contribution in [0.5, 0.6) is 0 Å². The highest BCUT2D eigenvalue weighted by Crippen LogP contribution is 2.14. The molecule has 0 saturated heterocycles. The largest absolute Gasteiger partial charge is 0.454 e. The number of amides is 2. The van der Waals surface area contributed by atoms with Crippen LogP contribution < -0.4 is 5.32 Å². The Labute approximate surface area is 153 Å². The van der Waals surface area contributed by atoms with E-state index in [1.165, 1.54) is 11.3 Å². The number of esters is 1. The molecule has 0 aromatic carbocycles. The predicted molar refractivity (Wildman–Crippen MR) is 98.6 cm³/mol. The minimum atomic E-state index is -0.621. The van der Waals surface area contributed by atoms with E-state index in [2.05, 4.69) is 5.32 Å². The zero-order chi connectivity index (χ0) is 19.0. The minimum absolute atomic E-state index is 0.212. The second-order valence-electron chi connectivity index (χ2n) is 6.84. The third-order valence-corrected chi connectivity index (χ3v) is 4.24. The fraction of sp³-hybridized carbons (Fsp3) is 0.611. The molecule has 0 radical (unpaired) electrons. The molecule has 1 heterocycles. The SMILES string of the molecule is Cc1ccc(C(=O)NCC(=O)OCC(=O)N(CC(C)C)CC(C)C)s1. The van der Waals surface area contributed by atoms with Gasteiger partial charge in [-0.05, 0) is 30.9 Å². The Morgan fingerprint density at radius 1 is 1.12 bits per heavy atom. The van der Waals surface area contributed by atoms with E-state index in [9.17, 15) is 14.4 Å². The van der Waals surface area contributed by atoms with Crippen molar-refractivity contribution in [1.82, 2.24) is 10.2 Å². The predicted octanol–water partition coefficient (Wildman–Crippen LogP) is 2.47. The van der Waals surface area contributed by atoms with Gasteiger partial charge in [0.1, 0.15) is 6.54 Å². The van der Waals surface area contributed by atoms with Gasteiger partial charge in [-0.25, -0.2) is 0 Å². The Hall–Kier alpha value is -1.89. The molecule has 0 unspecified atom stereocenters. The van der Waals surface area contributed by atoms with E-state index in [0.717, 1.165) is 4.88 Å². The van der Waals surface area contributed by atoms with Crippen molar-refractivity contribution in [3.8, 4) is 0 Å². The van der Waals surface area contributed by atoms with Crippen LogP contribution in [0.3, 0.4) is 0 Å². The van der Waals surface area contributed by atoms with Gasteiger partial charge >= 0.3 is 5.97 Å². The quantitative estimate of drug-likeness (QED) is 0.680. The summed E-state index contributed by atoms with van der Waals surface area (Å²) in [6.07, 6.45) is 0. The molecule has 6 nitrogen and oxygen atoms in total. The maximum absolute atomic E-state index is 12.2. The lowest BCUT2D eigenvalue weighted by atomic mass is 10.1. The van der Waals surface area contributed by atoms with Crippen molar-refractivity contribution >= 4 is 29.1 Å². The topological polar surface area (TPSA) is 75.7 Å². The number of carbonyl (C=O) groups is 3. The van der Waals surface area contributed by atoms with Crippen LogP contribution in [-0.2, 0) is 14.3 Å². The zero-order valence-electron chi connectivity index (χ0n) is 15.6. The minimum Gasteiger partial charge on any atom is -0.454 e. The van der Waals surface area contributed by atoms with Crippen LogP contribution in [-0.4, -0.2) is 48.9 Å². The van der Waals surface area contributed by atoms with Gasteiger partial charge in [0.15, 0.2) is 6.61 Å². The second-order valence-corrected chi connectivity index (χ2v) is 8.13. The number of ether oxygens (including phenoxy) is 1. The molecule has 0 aliphatic carbocycles. The molecule has 140 valence electrons. The smallest absolute Gasteiger partial charge is 0.325 e. The first-order chi connectivity index (χ1) is 11.7. The molecule has 0 saturated carbocycles. The number of carbonyl (C=O) groups excluding carboxylic acids is 3. The number of thiophene rings is 1. The van der Waals surface area contributed by atoms with Gasteiger partial charge in [-0.1, -0.05) is 27.7 Å². The second kappa shape index (κ2) is 10.2. The average Bonchev–Trinajstić information content (AvgIpc) is 2.95. The Balaban J connectivity index is 2.40. The molecule has 0 aliphatic rings. The van der Waals surface area contributed by atoms with E-state index in [0.29, 0.717) is 29.8 Å². The average molecular weight is 368 g/mol. The monoisotopic (exact) mass is 368 g/mol. The van der Waals surface area contributed by atoms with E-state index in [1.807, 2.05) is 40.7 Å². The van der Waals surface area contributed by atoms with E-state index < -0.39 is 5.97 Å². The molecular weight excluding hydrogens is 340 g/mol. The van der Waals surface area contributed by atoms with Crippen LogP contribution in [0.15, 0.2) is 12.1 Å². The van der Waals surface area contributed by atoms with Crippen LogP contribution in [0.2, 0.25) is 0 Å². The highest BCUT2D eigenvalue weighted by atomic mass is 32.1. The lowest BCUT2D eigenvalue weighted by molar-refractivity contribution is -0.151. The van der Waals surface area contributed by atoms with Crippen molar-refractivity contribution < 1.29 is 19.1 Å². The maximum Gasteiger partial charge on any atom is 0.325 e. The maximum atomic E-state index is 12.2. The van der Waals surface area contributed by atoms with Crippen molar-refractivity contribution in [1.29, 1.82) is 0 Å². The Bertz CT molecular complexity index is 586. The standard InChI is InChI=1S/C18H28N2O4S/c1-12(2)9-20(10-13(3)4)16(21)11-24-17(22)8-19-18(23)15-7-6-14(5)25-15/h6-7,12-13H,8-11H2,1-5H3,(H,19,23). The number of aryl methyl sites for hydroxylation is 1. The number of hydrogen-bond acceptors (Lipinski definition) is 5. The van der Waals surface area contributed by atoms with Gasteiger partial charge in [-0.3, -0.25) is 14.4 Å². The summed E-state index contributed by atoms with van der Waals surface area (Å²) in [5.74, 6) is -0.471. The normalized spacial score (nSPS) is 10.8. The number of nitrogens with one attached hydrogen (secondary N) is 1. The van der Waals surface area contributed by atoms with Crippen LogP contribution in [0.25, 0.3) is 0 Å². The summed E-state index contributed by atoms with van der Waals surface area (Å²) >= 11 is 1.36. The lowest BCUT2D eigenvalue weighted by Crippen LogP contribution is -2.40. The summed E-state index contributed by atoms with van der Waals surface area (Å²) in [5.41, 5.74) is 0. The number of rotatable bonds is 9. The Morgan fingerprint density at radius 2 is 1.72 bits per heavy atom. The molecule has 1 aromatic heterocycles. The van der Waals surface area contributed by atoms with Gasteiger partial charge in [0.2, 0.25) is 0 Å². The zero-order valence-corrected chi connectivity index (χ0v) is 16.4. The van der Waals surface area contributed by atoms with Gasteiger partial charge in [0.25, 0.3) is 11.8 Å². The third-order valence-electron chi connectivity index (χ3n) is 3.24. The molecular formula is C18H28N2O4S. The molecule has 1 N–H and O–H groups in total. The van der Waals surface area contributed by atoms with Crippen molar-refractivity contribution in [2.45, 2.75) is 34.6 Å². The van der Waals surface area contributed by atoms with Crippen molar-refractivity contribution in [3.63, 3.8) is 0 Å². The summed E-state index contributed by atoms with van der Waals surface area (Å²) in [4.78, 5) is 39.1. The summed E-state index contributed by atoms with van der Waals surface area (Å²) in [5, 5.41) is 2.50. The molecule has 7 heteroatoms. The molecule has 25 heavy (non-hydrogen) atoms. The fourth-order valence-electron chi connectivity index (χ4n) is 2.24. The van der Waals surface area contributed by atoms with E-state index in [1.54, 1.807) is 11.0 Å². The molecule has 0 fully saturated rings. The Kier molecular flexibility index (Phi) is 8.61. The van der Waals surface area contributed by atoms with Crippen LogP contribution >= 0.6 is 11.3 Å². The van der Waals surface area contributed by atoms with Gasteiger partial charge in [-0.15, -0.1) is 11.3 Å². The molecule has 0 aliphatic heterocycles. The van der Waals surface area contributed by atoms with Gasteiger partial charge in [0, 0.05) is 18.0 Å². The summed E-state index contributed by atoms with van der Waals surface area (Å²) in [6.45, 7) is 10.8. The van der Waals surface area contributed by atoms with Crippen LogP contribution in [0.4, 0.5) is 0 Å². The van der Waals surface area contributed by atoms with Crippen LogP contribution in [0.1, 0.15) is 42.2 Å². The van der Waals surface area contributed by atoms with Crippen molar-refractivity contribution in [2.75, 3.05) is 26.2 Å². The third kappa shape index (κ3) is 8.16. The van der Waals surface area contributed by atoms with Crippen molar-refractivity contribution in [3.05, 3.63) is 21.9 Å². The first-order valence-electron chi connectivity index (χ1n) is 8.47. The van der Waals surface area contributed by atoms with E-state index in [-0.39, 0.29) is 25.0 Å². The van der Waals surface area contributed by atoms with Gasteiger partial charge < -0.3 is 15.0 Å². The molecule has 0 spiro atoms. The lowest BCUT2D eigenvalue weighted by Gasteiger charge is -2.26. The van der Waals surface area contributed by atoms with E-state index in [4.69, 9.17) is 4.74 Å². The molecule has 1 aromatic rings. The fourth-order valence-corrected chi connectivity index (χ4v) is 3.02. The highest BCUT2D eigenvalue weighted by molar-refractivity contribution is 7.13. The van der Waals surface area contributed by atoms with Gasteiger partial charge in [0.05, 0.1) is 4.88 Å². The first-order valence-corrected chi connectivity index (χ1v) is 9.28. The van der Waals surface area contributed by atoms with E-state index >= 15 is 0 Å². The van der Waals surface area contributed by atoms with Gasteiger partial charge in [-0.2, -0.15) is 0 Å². The first kappa shape index (κ1) is 21.2. The molecule has 1 rings (SSSR count). The number of hydrogen-bond donors (Lipinski definition) is 1.